The summed E-state index contributed by atoms with van der Waals surface area (Å²) in [7, 11) is 0. The van der Waals surface area contributed by atoms with Gasteiger partial charge in [-0.3, -0.25) is 4.79 Å². The fourth-order valence-electron chi connectivity index (χ4n) is 4.20. The number of rotatable bonds is 7. The fourth-order valence-corrected chi connectivity index (χ4v) is 5.10. The second kappa shape index (κ2) is 10.3. The van der Waals surface area contributed by atoms with Crippen LogP contribution in [0.5, 0.6) is 5.75 Å². The van der Waals surface area contributed by atoms with Crippen LogP contribution in [0.3, 0.4) is 0 Å². The van der Waals surface area contributed by atoms with Crippen LogP contribution < -0.4 is 14.8 Å². The van der Waals surface area contributed by atoms with Gasteiger partial charge in [-0.2, -0.15) is 14.6 Å². The molecule has 0 saturated heterocycles. The predicted octanol–water partition coefficient (Wildman–Crippen LogP) is 5.56. The van der Waals surface area contributed by atoms with Crippen molar-refractivity contribution in [1.29, 1.82) is 0 Å². The maximum absolute atomic E-state index is 13.3. The number of aryl methyl sites for hydroxylation is 1. The van der Waals surface area contributed by atoms with Gasteiger partial charge in [0.15, 0.2) is 5.82 Å². The number of aromatic nitrogens is 5. The first-order valence-electron chi connectivity index (χ1n) is 12.8. The summed E-state index contributed by atoms with van der Waals surface area (Å²) in [5, 5.41) is 9.39. The van der Waals surface area contributed by atoms with Gasteiger partial charge in [-0.1, -0.05) is 73.2 Å². The van der Waals surface area contributed by atoms with Gasteiger partial charge in [0, 0.05) is 22.9 Å². The van der Waals surface area contributed by atoms with Gasteiger partial charge in [-0.05, 0) is 55.3 Å². The Hall–Kier alpha value is -4.56. The lowest BCUT2D eigenvalue weighted by Gasteiger charge is -2.09. The highest BCUT2D eigenvalue weighted by Crippen LogP contribution is 2.27. The highest BCUT2D eigenvalue weighted by Gasteiger charge is 2.15. The molecule has 0 aliphatic heterocycles. The number of thiazole rings is 1. The van der Waals surface area contributed by atoms with E-state index >= 15 is 0 Å². The zero-order valence-electron chi connectivity index (χ0n) is 21.9. The molecular formula is C31H27N5O2S. The summed E-state index contributed by atoms with van der Waals surface area (Å²) >= 11 is 1.32. The molecule has 0 saturated carbocycles. The van der Waals surface area contributed by atoms with Gasteiger partial charge < -0.3 is 4.74 Å². The predicted molar refractivity (Wildman–Crippen MR) is 155 cm³/mol. The quantitative estimate of drug-likeness (QED) is 0.269. The Labute approximate surface area is 229 Å². The molecule has 0 amide bonds. The normalized spacial score (nSPS) is 12.1. The van der Waals surface area contributed by atoms with Gasteiger partial charge in [0.05, 0.1) is 16.8 Å². The van der Waals surface area contributed by atoms with Crippen molar-refractivity contribution in [2.24, 2.45) is 5.92 Å². The Balaban J connectivity index is 1.41. The monoisotopic (exact) mass is 533 g/mol. The maximum atomic E-state index is 13.3. The first kappa shape index (κ1) is 24.8. The second-order valence-corrected chi connectivity index (χ2v) is 10.9. The van der Waals surface area contributed by atoms with Gasteiger partial charge in [0.25, 0.3) is 5.56 Å². The van der Waals surface area contributed by atoms with Gasteiger partial charge >= 0.3 is 0 Å². The number of nitrogens with zero attached hydrogens (tertiary/aromatic N) is 5. The molecule has 0 fully saturated rings. The molecule has 8 heteroatoms. The lowest BCUT2D eigenvalue weighted by atomic mass is 10.1. The van der Waals surface area contributed by atoms with Crippen molar-refractivity contribution in [2.75, 3.05) is 6.61 Å². The van der Waals surface area contributed by atoms with Crippen LogP contribution in [0, 0.1) is 12.8 Å². The third-order valence-electron chi connectivity index (χ3n) is 6.25. The number of para-hydroxylation sites is 1. The fraction of sp³-hybridized carbons (Fsp3) is 0.161. The van der Waals surface area contributed by atoms with Crippen LogP contribution in [0.2, 0.25) is 0 Å². The number of ether oxygens (including phenoxy) is 1. The van der Waals surface area contributed by atoms with Crippen molar-refractivity contribution >= 4 is 22.4 Å². The molecule has 6 rings (SSSR count). The topological polar surface area (TPSA) is 74.3 Å². The van der Waals surface area contributed by atoms with Gasteiger partial charge in [-0.15, -0.1) is 5.10 Å². The first-order chi connectivity index (χ1) is 18.9. The SMILES string of the molecule is Cc1ccc(-c2nc3s/c(=C\c4cn(-c5ccccc5)nc4-c4ccc(OCC(C)C)cc4)c(=O)n3n2)cc1. The van der Waals surface area contributed by atoms with Crippen LogP contribution in [0.25, 0.3) is 39.4 Å². The highest BCUT2D eigenvalue weighted by molar-refractivity contribution is 7.15. The number of hydrogen-bond donors (Lipinski definition) is 0. The molecule has 3 heterocycles. The summed E-state index contributed by atoms with van der Waals surface area (Å²) in [6, 6.07) is 25.8. The minimum atomic E-state index is -0.197. The summed E-state index contributed by atoms with van der Waals surface area (Å²) in [5.41, 5.74) is 5.31. The summed E-state index contributed by atoms with van der Waals surface area (Å²) in [5.74, 6) is 1.81. The molecule has 3 aromatic heterocycles. The van der Waals surface area contributed by atoms with E-state index < -0.39 is 0 Å². The average Bonchev–Trinajstić information content (AvgIpc) is 3.64. The Morgan fingerprint density at radius 3 is 2.33 bits per heavy atom. The lowest BCUT2D eigenvalue weighted by Crippen LogP contribution is -2.23. The number of hydrogen-bond acceptors (Lipinski definition) is 6. The molecule has 3 aromatic carbocycles. The molecule has 6 aromatic rings. The Bertz CT molecular complexity index is 1850. The highest BCUT2D eigenvalue weighted by atomic mass is 32.1. The molecule has 0 radical (unpaired) electrons. The van der Waals surface area contributed by atoms with Crippen LogP contribution in [-0.2, 0) is 0 Å². The Morgan fingerprint density at radius 1 is 0.923 bits per heavy atom. The molecule has 7 nitrogen and oxygen atoms in total. The second-order valence-electron chi connectivity index (χ2n) is 9.85. The maximum Gasteiger partial charge on any atom is 0.291 e. The minimum Gasteiger partial charge on any atom is -0.493 e. The van der Waals surface area contributed by atoms with Gasteiger partial charge in [0.1, 0.15) is 11.4 Å². The van der Waals surface area contributed by atoms with Crippen molar-refractivity contribution < 1.29 is 4.74 Å². The molecule has 0 atom stereocenters. The molecule has 0 N–H and O–H groups in total. The smallest absolute Gasteiger partial charge is 0.291 e. The van der Waals surface area contributed by atoms with E-state index in [0.717, 1.165) is 39.4 Å². The average molecular weight is 534 g/mol. The number of fused-ring (bicyclic) bond motifs is 1. The third kappa shape index (κ3) is 5.11. The van der Waals surface area contributed by atoms with Crippen molar-refractivity contribution in [2.45, 2.75) is 20.8 Å². The van der Waals surface area contributed by atoms with E-state index in [2.05, 4.69) is 23.9 Å². The van der Waals surface area contributed by atoms with E-state index in [1.165, 1.54) is 15.9 Å². The molecule has 0 aliphatic carbocycles. The van der Waals surface area contributed by atoms with Gasteiger partial charge in [-0.25, -0.2) is 4.68 Å². The zero-order valence-corrected chi connectivity index (χ0v) is 22.7. The molecule has 0 spiro atoms. The summed E-state index contributed by atoms with van der Waals surface area (Å²) in [6.45, 7) is 6.94. The standard InChI is InChI=1S/C31H27N5O2S/c1-20(2)19-38-26-15-13-22(14-16-26)28-24(18-35(33-28)25-7-5-4-6-8-25)17-27-30(37)36-31(39-27)32-29(34-36)23-11-9-21(3)10-12-23/h4-18,20H,19H2,1-3H3/b27-17-. The van der Waals surface area contributed by atoms with Crippen molar-refractivity contribution in [3.8, 4) is 34.1 Å². The van der Waals surface area contributed by atoms with E-state index in [-0.39, 0.29) is 5.56 Å². The molecular weight excluding hydrogens is 506 g/mol. The Morgan fingerprint density at radius 2 is 1.64 bits per heavy atom. The molecule has 0 aliphatic rings. The lowest BCUT2D eigenvalue weighted by molar-refractivity contribution is 0.271. The zero-order chi connectivity index (χ0) is 26.9. The Kier molecular flexibility index (Phi) is 6.54. The van der Waals surface area contributed by atoms with Crippen molar-refractivity contribution in [3.05, 3.63) is 111 Å². The van der Waals surface area contributed by atoms with Gasteiger partial charge in [0.2, 0.25) is 4.96 Å². The minimum absolute atomic E-state index is 0.197. The van der Waals surface area contributed by atoms with E-state index in [1.54, 1.807) is 0 Å². The van der Waals surface area contributed by atoms with E-state index in [1.807, 2.05) is 103 Å². The summed E-state index contributed by atoms with van der Waals surface area (Å²) in [4.78, 5) is 18.5. The third-order valence-corrected chi connectivity index (χ3v) is 7.21. The molecule has 39 heavy (non-hydrogen) atoms. The first-order valence-corrected chi connectivity index (χ1v) is 13.6. The molecule has 0 bridgehead atoms. The summed E-state index contributed by atoms with van der Waals surface area (Å²) in [6.07, 6.45) is 3.82. The van der Waals surface area contributed by atoms with Crippen molar-refractivity contribution in [1.82, 2.24) is 24.4 Å². The molecule has 194 valence electrons. The van der Waals surface area contributed by atoms with Crippen LogP contribution in [0.4, 0.5) is 0 Å². The van der Waals surface area contributed by atoms with Crippen LogP contribution in [-0.4, -0.2) is 31.0 Å². The van der Waals surface area contributed by atoms with E-state index in [4.69, 9.17) is 9.84 Å². The van der Waals surface area contributed by atoms with Crippen LogP contribution in [0.1, 0.15) is 25.0 Å². The number of benzene rings is 3. The van der Waals surface area contributed by atoms with Crippen LogP contribution >= 0.6 is 11.3 Å². The van der Waals surface area contributed by atoms with Crippen LogP contribution in [0.15, 0.2) is 89.9 Å². The van der Waals surface area contributed by atoms with E-state index in [9.17, 15) is 4.79 Å². The largest absolute Gasteiger partial charge is 0.493 e. The van der Waals surface area contributed by atoms with E-state index in [0.29, 0.717) is 27.8 Å². The molecule has 0 unspecified atom stereocenters. The summed E-state index contributed by atoms with van der Waals surface area (Å²) < 4.78 is 9.62. The van der Waals surface area contributed by atoms with Crippen molar-refractivity contribution in [3.63, 3.8) is 0 Å².